The third kappa shape index (κ3) is 3.75. The van der Waals surface area contributed by atoms with E-state index in [-0.39, 0.29) is 29.8 Å². The first-order valence-corrected chi connectivity index (χ1v) is 11.5. The van der Waals surface area contributed by atoms with E-state index in [9.17, 15) is 4.79 Å². The number of benzene rings is 2. The smallest absolute Gasteiger partial charge is 0.309 e. The van der Waals surface area contributed by atoms with Gasteiger partial charge in [0.15, 0.2) is 0 Å². The van der Waals surface area contributed by atoms with Crippen molar-refractivity contribution in [2.24, 2.45) is 11.8 Å². The van der Waals surface area contributed by atoms with E-state index in [1.54, 1.807) is 12.1 Å². The molecule has 2 aliphatic rings. The molecule has 3 nitrogen and oxygen atoms in total. The van der Waals surface area contributed by atoms with Crippen molar-refractivity contribution < 1.29 is 9.53 Å². The topological polar surface area (TPSA) is 39.2 Å². The van der Waals surface area contributed by atoms with Gasteiger partial charge in [-0.1, -0.05) is 59.6 Å². The van der Waals surface area contributed by atoms with Crippen molar-refractivity contribution in [3.8, 4) is 11.1 Å². The molecule has 5 heteroatoms. The first-order chi connectivity index (χ1) is 15.0. The molecule has 31 heavy (non-hydrogen) atoms. The second-order valence-electron chi connectivity index (χ2n) is 8.54. The third-order valence-electron chi connectivity index (χ3n) is 6.84. The van der Waals surface area contributed by atoms with Gasteiger partial charge in [-0.25, -0.2) is 0 Å². The number of fused-ring (bicyclic) bond motifs is 1. The zero-order valence-corrected chi connectivity index (χ0v) is 18.7. The molecule has 1 saturated carbocycles. The van der Waals surface area contributed by atoms with Gasteiger partial charge >= 0.3 is 5.97 Å². The van der Waals surface area contributed by atoms with Crippen molar-refractivity contribution in [3.05, 3.63) is 88.2 Å². The van der Waals surface area contributed by atoms with Gasteiger partial charge in [0.1, 0.15) is 6.10 Å². The van der Waals surface area contributed by atoms with Crippen LogP contribution >= 0.6 is 23.2 Å². The fourth-order valence-electron chi connectivity index (χ4n) is 5.45. The van der Waals surface area contributed by atoms with Gasteiger partial charge in [-0.15, -0.1) is 0 Å². The second kappa shape index (κ2) is 8.29. The molecule has 2 heterocycles. The Morgan fingerprint density at radius 2 is 1.74 bits per heavy atom. The molecule has 0 bridgehead atoms. The van der Waals surface area contributed by atoms with Crippen molar-refractivity contribution in [1.82, 2.24) is 4.98 Å². The Bertz CT molecular complexity index is 1100. The minimum Gasteiger partial charge on any atom is -0.462 e. The van der Waals surface area contributed by atoms with Gasteiger partial charge in [-0.2, -0.15) is 0 Å². The Morgan fingerprint density at radius 1 is 0.968 bits per heavy atom. The molecule has 1 aliphatic carbocycles. The van der Waals surface area contributed by atoms with E-state index in [2.05, 4.69) is 30.3 Å². The molecule has 2 aromatic carbocycles. The molecule has 0 spiro atoms. The molecule has 1 saturated heterocycles. The van der Waals surface area contributed by atoms with E-state index in [4.69, 9.17) is 32.9 Å². The van der Waals surface area contributed by atoms with Gasteiger partial charge in [0.2, 0.25) is 0 Å². The number of pyridine rings is 1. The Balaban J connectivity index is 1.55. The number of hydrogen-bond acceptors (Lipinski definition) is 3. The van der Waals surface area contributed by atoms with E-state index in [0.29, 0.717) is 16.0 Å². The summed E-state index contributed by atoms with van der Waals surface area (Å²) in [4.78, 5) is 17.4. The van der Waals surface area contributed by atoms with Crippen LogP contribution in [0.1, 0.15) is 42.9 Å². The molecular weight excluding hydrogens is 429 g/mol. The number of hydrogen-bond donors (Lipinski definition) is 0. The Kier molecular flexibility index (Phi) is 5.49. The van der Waals surface area contributed by atoms with Crippen LogP contribution in [0, 0.1) is 11.8 Å². The van der Waals surface area contributed by atoms with E-state index in [0.717, 1.165) is 29.7 Å². The highest BCUT2D eigenvalue weighted by Crippen LogP contribution is 2.53. The fourth-order valence-corrected chi connectivity index (χ4v) is 5.85. The van der Waals surface area contributed by atoms with E-state index < -0.39 is 0 Å². The maximum atomic E-state index is 12.5. The number of halogens is 2. The second-order valence-corrected chi connectivity index (χ2v) is 9.39. The predicted octanol–water partition coefficient (Wildman–Crippen LogP) is 6.89. The largest absolute Gasteiger partial charge is 0.462 e. The number of ether oxygens (including phenoxy) is 1. The van der Waals surface area contributed by atoms with Crippen LogP contribution < -0.4 is 0 Å². The highest BCUT2D eigenvalue weighted by Gasteiger charge is 2.52. The van der Waals surface area contributed by atoms with Gasteiger partial charge in [0.05, 0.1) is 5.92 Å². The number of carbonyl (C=O) groups excluding carboxylic acids is 1. The monoisotopic (exact) mass is 451 g/mol. The third-order valence-corrected chi connectivity index (χ3v) is 7.41. The zero-order chi connectivity index (χ0) is 21.5. The van der Waals surface area contributed by atoms with Gasteiger partial charge in [-0.3, -0.25) is 9.78 Å². The Labute approximate surface area is 192 Å². The zero-order valence-electron chi connectivity index (χ0n) is 17.2. The average Bonchev–Trinajstić information content (AvgIpc) is 3.09. The minimum absolute atomic E-state index is 0.0520. The molecule has 0 N–H and O–H groups in total. The summed E-state index contributed by atoms with van der Waals surface area (Å²) in [5.74, 6) is 0.429. The first-order valence-electron chi connectivity index (χ1n) is 10.7. The molecule has 2 fully saturated rings. The summed E-state index contributed by atoms with van der Waals surface area (Å²) < 4.78 is 5.67. The van der Waals surface area contributed by atoms with Crippen molar-refractivity contribution in [2.45, 2.75) is 37.7 Å². The molecule has 1 aliphatic heterocycles. The molecule has 1 unspecified atom stereocenters. The maximum absolute atomic E-state index is 12.5. The van der Waals surface area contributed by atoms with Crippen molar-refractivity contribution in [1.29, 1.82) is 0 Å². The quantitative estimate of drug-likeness (QED) is 0.406. The van der Waals surface area contributed by atoms with Crippen LogP contribution in [-0.4, -0.2) is 17.1 Å². The van der Waals surface area contributed by atoms with Crippen LogP contribution in [0.15, 0.2) is 66.9 Å². The van der Waals surface area contributed by atoms with Crippen LogP contribution in [-0.2, 0) is 9.53 Å². The number of aromatic nitrogens is 1. The lowest BCUT2D eigenvalue weighted by Gasteiger charge is -2.39. The maximum Gasteiger partial charge on any atom is 0.309 e. The van der Waals surface area contributed by atoms with E-state index in [1.807, 2.05) is 31.3 Å². The SMILES string of the molecule is C[C@H]1OC(=O)[C@@H]2CCC(c3ccccc3)[C@H](c3ccc(-c4cc(Cl)ccc4Cl)cn3)[C@H]12. The molecule has 158 valence electrons. The summed E-state index contributed by atoms with van der Waals surface area (Å²) in [5.41, 5.74) is 4.07. The van der Waals surface area contributed by atoms with Gasteiger partial charge in [0.25, 0.3) is 0 Å². The highest BCUT2D eigenvalue weighted by molar-refractivity contribution is 6.35. The predicted molar refractivity (Wildman–Crippen MR) is 123 cm³/mol. The summed E-state index contributed by atoms with van der Waals surface area (Å²) in [7, 11) is 0. The first kappa shape index (κ1) is 20.5. The molecular formula is C26H23Cl2NO2. The lowest BCUT2D eigenvalue weighted by molar-refractivity contribution is -0.143. The molecule has 1 aromatic heterocycles. The Hall–Kier alpha value is -2.36. The number of nitrogens with zero attached hydrogens (tertiary/aromatic N) is 1. The van der Waals surface area contributed by atoms with Gasteiger partial charge < -0.3 is 4.74 Å². The van der Waals surface area contributed by atoms with Crippen molar-refractivity contribution in [2.75, 3.05) is 0 Å². The highest BCUT2D eigenvalue weighted by atomic mass is 35.5. The molecule has 3 aromatic rings. The average molecular weight is 452 g/mol. The molecule has 0 amide bonds. The summed E-state index contributed by atoms with van der Waals surface area (Å²) in [6.07, 6.45) is 3.56. The summed E-state index contributed by atoms with van der Waals surface area (Å²) >= 11 is 12.6. The lowest BCUT2D eigenvalue weighted by atomic mass is 9.63. The lowest BCUT2D eigenvalue weighted by Crippen LogP contribution is -2.35. The fraction of sp³-hybridized carbons (Fsp3) is 0.308. The summed E-state index contributed by atoms with van der Waals surface area (Å²) in [6, 6.07) is 20.1. The summed E-state index contributed by atoms with van der Waals surface area (Å²) in [6.45, 7) is 2.02. The Morgan fingerprint density at radius 3 is 2.48 bits per heavy atom. The van der Waals surface area contributed by atoms with Crippen LogP contribution in [0.25, 0.3) is 11.1 Å². The number of esters is 1. The molecule has 0 radical (unpaired) electrons. The van der Waals surface area contributed by atoms with Gasteiger partial charge in [0, 0.05) is 44.9 Å². The number of carbonyl (C=O) groups is 1. The van der Waals surface area contributed by atoms with Crippen LogP contribution in [0.2, 0.25) is 10.0 Å². The van der Waals surface area contributed by atoms with E-state index >= 15 is 0 Å². The van der Waals surface area contributed by atoms with Crippen LogP contribution in [0.5, 0.6) is 0 Å². The molecule has 5 atom stereocenters. The van der Waals surface area contributed by atoms with Crippen LogP contribution in [0.4, 0.5) is 0 Å². The van der Waals surface area contributed by atoms with Crippen LogP contribution in [0.3, 0.4) is 0 Å². The van der Waals surface area contributed by atoms with Crippen molar-refractivity contribution in [3.63, 3.8) is 0 Å². The van der Waals surface area contributed by atoms with Crippen molar-refractivity contribution >= 4 is 29.2 Å². The minimum atomic E-state index is -0.113. The number of cyclic esters (lactones) is 1. The molecule has 5 rings (SSSR count). The van der Waals surface area contributed by atoms with Gasteiger partial charge in [-0.05, 0) is 55.5 Å². The number of rotatable bonds is 3. The normalized spacial score (nSPS) is 27.6. The standard InChI is InChI=1S/C26H23Cl2NO2/c1-15-24-20(26(30)31-15)10-9-19(16-5-3-2-4-6-16)25(24)23-12-7-17(14-29-23)21-13-18(27)8-11-22(21)28/h2-8,11-15,19-20,24-25H,9-10H2,1H3/t15-,19?,20-,24-,25-/m1/s1. The van der Waals surface area contributed by atoms with E-state index in [1.165, 1.54) is 5.56 Å². The summed E-state index contributed by atoms with van der Waals surface area (Å²) in [5, 5.41) is 1.28.